The first-order chi connectivity index (χ1) is 13.1. The van der Waals surface area contributed by atoms with Gasteiger partial charge in [-0.3, -0.25) is 14.4 Å². The number of nitrogens with one attached hydrogen (secondary N) is 1. The van der Waals surface area contributed by atoms with Gasteiger partial charge in [-0.1, -0.05) is 30.3 Å². The molecule has 1 amide bonds. The van der Waals surface area contributed by atoms with Crippen LogP contribution >= 0.6 is 0 Å². The van der Waals surface area contributed by atoms with Crippen molar-refractivity contribution in [3.8, 4) is 0 Å². The van der Waals surface area contributed by atoms with E-state index in [-0.39, 0.29) is 17.3 Å². The topological polar surface area (TPSA) is 77.4 Å². The summed E-state index contributed by atoms with van der Waals surface area (Å²) in [5.74, 6) is -0.376. The molecule has 6 heteroatoms. The van der Waals surface area contributed by atoms with Gasteiger partial charge >= 0.3 is 0 Å². The highest BCUT2D eigenvalue weighted by Gasteiger charge is 2.21. The van der Waals surface area contributed by atoms with Crippen molar-refractivity contribution in [3.63, 3.8) is 0 Å². The zero-order valence-corrected chi connectivity index (χ0v) is 15.4. The van der Waals surface area contributed by atoms with Crippen molar-refractivity contribution in [3.05, 3.63) is 69.6 Å². The lowest BCUT2D eigenvalue weighted by atomic mass is 9.93. The molecule has 0 saturated carbocycles. The number of benzene rings is 1. The fourth-order valence-electron chi connectivity index (χ4n) is 3.33. The average Bonchev–Trinajstić information content (AvgIpc) is 2.70. The van der Waals surface area contributed by atoms with Crippen molar-refractivity contribution in [1.82, 2.24) is 9.88 Å². The molecule has 1 aliphatic heterocycles. The summed E-state index contributed by atoms with van der Waals surface area (Å²) in [7, 11) is 1.47. The van der Waals surface area contributed by atoms with Crippen LogP contribution in [0, 0.1) is 5.92 Å². The molecule has 1 aromatic carbocycles. The molecule has 0 aliphatic carbocycles. The molecule has 142 valence electrons. The van der Waals surface area contributed by atoms with Gasteiger partial charge in [0.1, 0.15) is 5.56 Å². The molecule has 1 saturated heterocycles. The van der Waals surface area contributed by atoms with Crippen LogP contribution in [0.3, 0.4) is 0 Å². The smallest absolute Gasteiger partial charge is 0.263 e. The number of ether oxygens (including phenoxy) is 1. The monoisotopic (exact) mass is 368 g/mol. The van der Waals surface area contributed by atoms with Crippen molar-refractivity contribution in [1.29, 1.82) is 0 Å². The summed E-state index contributed by atoms with van der Waals surface area (Å²) in [6, 6.07) is 10.9. The Morgan fingerprint density at radius 1 is 1.26 bits per heavy atom. The van der Waals surface area contributed by atoms with Gasteiger partial charge in [0, 0.05) is 38.4 Å². The molecular formula is C21H24N2O4. The highest BCUT2D eigenvalue weighted by molar-refractivity contribution is 6.00. The third-order valence-corrected chi connectivity index (χ3v) is 4.80. The van der Waals surface area contributed by atoms with E-state index in [1.165, 1.54) is 17.7 Å². The zero-order chi connectivity index (χ0) is 19.2. The second kappa shape index (κ2) is 8.77. The van der Waals surface area contributed by atoms with Crippen LogP contribution in [0.25, 0.3) is 0 Å². The molecule has 27 heavy (non-hydrogen) atoms. The van der Waals surface area contributed by atoms with Crippen LogP contribution in [0.2, 0.25) is 0 Å². The Morgan fingerprint density at radius 2 is 2.04 bits per heavy atom. The van der Waals surface area contributed by atoms with Gasteiger partial charge in [0.05, 0.1) is 6.54 Å². The van der Waals surface area contributed by atoms with Gasteiger partial charge in [-0.05, 0) is 30.4 Å². The molecule has 1 aromatic heterocycles. The maximum Gasteiger partial charge on any atom is 0.263 e. The summed E-state index contributed by atoms with van der Waals surface area (Å²) < 4.78 is 6.88. The largest absolute Gasteiger partial charge is 0.381 e. The lowest BCUT2D eigenvalue weighted by Gasteiger charge is -2.21. The minimum Gasteiger partial charge on any atom is -0.381 e. The summed E-state index contributed by atoms with van der Waals surface area (Å²) in [5, 5.41) is 2.48. The molecule has 0 bridgehead atoms. The summed E-state index contributed by atoms with van der Waals surface area (Å²) in [6.07, 6.45) is 3.83. The van der Waals surface area contributed by atoms with Gasteiger partial charge in [0.25, 0.3) is 11.5 Å². The Balaban J connectivity index is 1.92. The van der Waals surface area contributed by atoms with E-state index in [1.54, 1.807) is 6.20 Å². The fourth-order valence-corrected chi connectivity index (χ4v) is 3.33. The quantitative estimate of drug-likeness (QED) is 0.794. The molecule has 2 heterocycles. The van der Waals surface area contributed by atoms with Crippen LogP contribution in [0.4, 0.5) is 0 Å². The maximum atomic E-state index is 12.8. The Kier molecular flexibility index (Phi) is 6.19. The van der Waals surface area contributed by atoms with Gasteiger partial charge in [-0.15, -0.1) is 0 Å². The van der Waals surface area contributed by atoms with Gasteiger partial charge in [-0.25, -0.2) is 0 Å². The first kappa shape index (κ1) is 19.0. The van der Waals surface area contributed by atoms with Gasteiger partial charge in [0.15, 0.2) is 5.78 Å². The number of ketones is 1. The third kappa shape index (κ3) is 4.71. The molecule has 0 radical (unpaired) electrons. The molecular weight excluding hydrogens is 344 g/mol. The lowest BCUT2D eigenvalue weighted by molar-refractivity contribution is 0.0488. The van der Waals surface area contributed by atoms with E-state index < -0.39 is 11.5 Å². The van der Waals surface area contributed by atoms with E-state index in [1.807, 2.05) is 30.3 Å². The first-order valence-electron chi connectivity index (χ1n) is 9.20. The zero-order valence-electron chi connectivity index (χ0n) is 15.4. The Hall–Kier alpha value is -2.73. The molecule has 1 atom stereocenters. The number of Topliss-reactive ketones (excluding diaryl/α,β-unsaturated/α-hetero) is 1. The number of carbonyl (C=O) groups is 2. The fraction of sp³-hybridized carbons (Fsp3) is 0.381. The van der Waals surface area contributed by atoms with Gasteiger partial charge in [-0.2, -0.15) is 0 Å². The van der Waals surface area contributed by atoms with Crippen molar-refractivity contribution < 1.29 is 14.3 Å². The predicted octanol–water partition coefficient (Wildman–Crippen LogP) is 2.26. The normalized spacial score (nSPS) is 16.7. The van der Waals surface area contributed by atoms with Crippen LogP contribution in [0.5, 0.6) is 0 Å². The van der Waals surface area contributed by atoms with Crippen LogP contribution in [0.1, 0.15) is 45.5 Å². The van der Waals surface area contributed by atoms with Crippen LogP contribution < -0.4 is 10.9 Å². The number of hydrogen-bond acceptors (Lipinski definition) is 4. The maximum absolute atomic E-state index is 12.8. The molecule has 1 aliphatic rings. The van der Waals surface area contributed by atoms with Crippen molar-refractivity contribution >= 4 is 11.7 Å². The molecule has 0 spiro atoms. The second-order valence-corrected chi connectivity index (χ2v) is 6.85. The first-order valence-corrected chi connectivity index (χ1v) is 9.20. The number of aromatic nitrogens is 1. The number of pyridine rings is 1. The van der Waals surface area contributed by atoms with Gasteiger partial charge in [0.2, 0.25) is 0 Å². The molecule has 1 N–H and O–H groups in total. The van der Waals surface area contributed by atoms with E-state index in [2.05, 4.69) is 5.32 Å². The van der Waals surface area contributed by atoms with Crippen LogP contribution in [-0.4, -0.2) is 36.5 Å². The number of hydrogen-bond donors (Lipinski definition) is 1. The highest BCUT2D eigenvalue weighted by Crippen LogP contribution is 2.20. The minimum atomic E-state index is -0.488. The van der Waals surface area contributed by atoms with E-state index in [9.17, 15) is 14.4 Å². The molecule has 1 fully saturated rings. The standard InChI is InChI=1S/C21H24N2O4/c1-22-20(25)18-11-17(19(24)10-16-8-5-9-27-14-16)13-23(21(18)26)12-15-6-3-2-4-7-15/h2-4,6-7,11,13,16H,5,8-10,12,14H2,1H3,(H,22,25). The summed E-state index contributed by atoms with van der Waals surface area (Å²) in [4.78, 5) is 37.6. The Bertz CT molecular complexity index is 867. The second-order valence-electron chi connectivity index (χ2n) is 6.85. The number of amides is 1. The van der Waals surface area contributed by atoms with E-state index in [0.29, 0.717) is 25.1 Å². The SMILES string of the molecule is CNC(=O)c1cc(C(=O)CC2CCCOC2)cn(Cc2ccccc2)c1=O. The Labute approximate surface area is 158 Å². The van der Waals surface area contributed by atoms with E-state index >= 15 is 0 Å². The van der Waals surface area contributed by atoms with Crippen molar-refractivity contribution in [2.24, 2.45) is 5.92 Å². The number of carbonyl (C=O) groups excluding carboxylic acids is 2. The minimum absolute atomic E-state index is 0.0147. The summed E-state index contributed by atoms with van der Waals surface area (Å²) in [6.45, 7) is 1.63. The predicted molar refractivity (Wildman–Crippen MR) is 102 cm³/mol. The Morgan fingerprint density at radius 3 is 2.70 bits per heavy atom. The highest BCUT2D eigenvalue weighted by atomic mass is 16.5. The van der Waals surface area contributed by atoms with Crippen molar-refractivity contribution in [2.45, 2.75) is 25.8 Å². The van der Waals surface area contributed by atoms with E-state index in [4.69, 9.17) is 4.74 Å². The van der Waals surface area contributed by atoms with Gasteiger partial charge < -0.3 is 14.6 Å². The number of rotatable bonds is 6. The molecule has 3 rings (SSSR count). The van der Waals surface area contributed by atoms with Crippen LogP contribution in [-0.2, 0) is 11.3 Å². The molecule has 1 unspecified atom stereocenters. The van der Waals surface area contributed by atoms with E-state index in [0.717, 1.165) is 25.0 Å². The lowest BCUT2D eigenvalue weighted by Crippen LogP contribution is -2.32. The summed E-state index contributed by atoms with van der Waals surface area (Å²) >= 11 is 0. The number of nitrogens with zero attached hydrogens (tertiary/aromatic N) is 1. The third-order valence-electron chi connectivity index (χ3n) is 4.80. The van der Waals surface area contributed by atoms with Crippen LogP contribution in [0.15, 0.2) is 47.4 Å². The molecule has 2 aromatic rings. The molecule has 6 nitrogen and oxygen atoms in total. The average molecular weight is 368 g/mol. The van der Waals surface area contributed by atoms with Crippen molar-refractivity contribution in [2.75, 3.05) is 20.3 Å². The summed E-state index contributed by atoms with van der Waals surface area (Å²) in [5.41, 5.74) is 0.886.